The van der Waals surface area contributed by atoms with Gasteiger partial charge in [0.1, 0.15) is 5.69 Å². The van der Waals surface area contributed by atoms with Crippen LogP contribution in [0.2, 0.25) is 0 Å². The molecule has 0 spiro atoms. The van der Waals surface area contributed by atoms with Gasteiger partial charge in [0.15, 0.2) is 0 Å². The van der Waals surface area contributed by atoms with Crippen molar-refractivity contribution in [2.45, 2.75) is 26.5 Å². The largest absolute Gasteiger partial charge is 0.378 e. The molecule has 1 heterocycles. The predicted molar refractivity (Wildman–Crippen MR) is 51.0 cm³/mol. The van der Waals surface area contributed by atoms with Crippen LogP contribution in [0.1, 0.15) is 25.6 Å². The minimum Gasteiger partial charge on any atom is -0.378 e. The van der Waals surface area contributed by atoms with Gasteiger partial charge < -0.3 is 4.74 Å². The third-order valence-electron chi connectivity index (χ3n) is 1.57. The molecular weight excluding hydrogens is 220 g/mol. The van der Waals surface area contributed by atoms with Gasteiger partial charge in [-0.1, -0.05) is 0 Å². The highest BCUT2D eigenvalue weighted by molar-refractivity contribution is 9.10. The van der Waals surface area contributed by atoms with Crippen LogP contribution in [0.25, 0.3) is 0 Å². The molecule has 4 heteroatoms. The number of nitrogens with zero attached hydrogens (tertiary/aromatic N) is 2. The third-order valence-corrected chi connectivity index (χ3v) is 2.23. The zero-order valence-corrected chi connectivity index (χ0v) is 9.13. The summed E-state index contributed by atoms with van der Waals surface area (Å²) < 4.78 is 7.92. The fourth-order valence-electron chi connectivity index (χ4n) is 0.906. The smallest absolute Gasteiger partial charge is 0.102 e. The van der Waals surface area contributed by atoms with Crippen LogP contribution < -0.4 is 0 Å². The van der Waals surface area contributed by atoms with Crippen LogP contribution in [0.15, 0.2) is 10.7 Å². The van der Waals surface area contributed by atoms with Crippen molar-refractivity contribution in [2.24, 2.45) is 0 Å². The first-order valence-electron chi connectivity index (χ1n) is 3.87. The van der Waals surface area contributed by atoms with Crippen LogP contribution in [-0.4, -0.2) is 16.9 Å². The van der Waals surface area contributed by atoms with Gasteiger partial charge in [0.25, 0.3) is 0 Å². The van der Waals surface area contributed by atoms with Gasteiger partial charge in [-0.05, 0) is 29.8 Å². The highest BCUT2D eigenvalue weighted by atomic mass is 79.9. The van der Waals surface area contributed by atoms with E-state index < -0.39 is 0 Å². The second kappa shape index (κ2) is 4.05. The van der Waals surface area contributed by atoms with E-state index in [-0.39, 0.29) is 0 Å². The van der Waals surface area contributed by atoms with Gasteiger partial charge in [0.2, 0.25) is 0 Å². The fourth-order valence-corrected chi connectivity index (χ4v) is 1.31. The molecule has 0 N–H and O–H groups in total. The normalized spacial score (nSPS) is 11.1. The average Bonchev–Trinajstić information content (AvgIpc) is 2.34. The first-order valence-corrected chi connectivity index (χ1v) is 4.67. The molecule has 1 aromatic heterocycles. The molecule has 0 aromatic carbocycles. The van der Waals surface area contributed by atoms with E-state index in [9.17, 15) is 0 Å². The lowest BCUT2D eigenvalue weighted by Gasteiger charge is -2.02. The average molecular weight is 233 g/mol. The van der Waals surface area contributed by atoms with Crippen molar-refractivity contribution >= 4 is 15.9 Å². The molecule has 0 atom stereocenters. The topological polar surface area (TPSA) is 27.1 Å². The lowest BCUT2D eigenvalue weighted by molar-refractivity contribution is 0.180. The Morgan fingerprint density at radius 1 is 1.67 bits per heavy atom. The van der Waals surface area contributed by atoms with Crippen molar-refractivity contribution in [1.82, 2.24) is 9.78 Å². The minimum absolute atomic E-state index is 0.395. The molecule has 0 aliphatic rings. The molecular formula is C8H13BrN2O. The van der Waals surface area contributed by atoms with Crippen LogP contribution in [-0.2, 0) is 11.3 Å². The van der Waals surface area contributed by atoms with Crippen LogP contribution in [0.3, 0.4) is 0 Å². The maximum absolute atomic E-state index is 5.00. The zero-order chi connectivity index (χ0) is 9.14. The molecule has 0 unspecified atom stereocenters. The first kappa shape index (κ1) is 9.74. The second-order valence-electron chi connectivity index (χ2n) is 2.93. The number of halogens is 1. The molecule has 3 nitrogen and oxygen atoms in total. The Morgan fingerprint density at radius 3 is 2.75 bits per heavy atom. The first-order chi connectivity index (χ1) is 5.65. The lowest BCUT2D eigenvalue weighted by Crippen LogP contribution is -2.01. The zero-order valence-electron chi connectivity index (χ0n) is 7.54. The maximum Gasteiger partial charge on any atom is 0.102 e. The molecule has 0 aliphatic heterocycles. The quantitative estimate of drug-likeness (QED) is 0.801. The SMILES string of the molecule is COCc1nn(C(C)C)cc1Br. The highest BCUT2D eigenvalue weighted by Crippen LogP contribution is 2.17. The van der Waals surface area contributed by atoms with Crippen LogP contribution in [0.4, 0.5) is 0 Å². The summed E-state index contributed by atoms with van der Waals surface area (Å²) in [6, 6.07) is 0.395. The van der Waals surface area contributed by atoms with Crippen molar-refractivity contribution in [3.05, 3.63) is 16.4 Å². The molecule has 0 bridgehead atoms. The van der Waals surface area contributed by atoms with Crippen molar-refractivity contribution in [3.63, 3.8) is 0 Å². The van der Waals surface area contributed by atoms with Gasteiger partial charge in [-0.15, -0.1) is 0 Å². The standard InChI is InChI=1S/C8H13BrN2O/c1-6(2)11-4-7(9)8(10-11)5-12-3/h4,6H,5H2,1-3H3. The molecule has 1 aromatic rings. The molecule has 0 saturated heterocycles. The van der Waals surface area contributed by atoms with E-state index in [2.05, 4.69) is 34.9 Å². The third kappa shape index (κ3) is 2.08. The van der Waals surface area contributed by atoms with E-state index in [0.29, 0.717) is 12.6 Å². The minimum atomic E-state index is 0.395. The maximum atomic E-state index is 5.00. The molecule has 0 radical (unpaired) electrons. The van der Waals surface area contributed by atoms with E-state index in [4.69, 9.17) is 4.74 Å². The number of hydrogen-bond acceptors (Lipinski definition) is 2. The second-order valence-corrected chi connectivity index (χ2v) is 3.78. The summed E-state index contributed by atoms with van der Waals surface area (Å²) in [5.41, 5.74) is 0.950. The van der Waals surface area contributed by atoms with E-state index in [1.807, 2.05) is 10.9 Å². The molecule has 1 rings (SSSR count). The van der Waals surface area contributed by atoms with Crippen LogP contribution in [0, 0.1) is 0 Å². The summed E-state index contributed by atoms with van der Waals surface area (Å²) in [5, 5.41) is 4.34. The Labute approximate surface area is 80.8 Å². The fraction of sp³-hybridized carbons (Fsp3) is 0.625. The van der Waals surface area contributed by atoms with Crippen LogP contribution in [0.5, 0.6) is 0 Å². The number of rotatable bonds is 3. The monoisotopic (exact) mass is 232 g/mol. The summed E-state index contributed by atoms with van der Waals surface area (Å²) in [7, 11) is 1.67. The van der Waals surface area contributed by atoms with Gasteiger partial charge in [-0.2, -0.15) is 5.10 Å². The molecule has 12 heavy (non-hydrogen) atoms. The number of methoxy groups -OCH3 is 1. The molecule has 0 fully saturated rings. The predicted octanol–water partition coefficient (Wildman–Crippen LogP) is 2.37. The summed E-state index contributed by atoms with van der Waals surface area (Å²) in [5.74, 6) is 0. The Kier molecular flexibility index (Phi) is 3.29. The van der Waals surface area contributed by atoms with E-state index in [1.54, 1.807) is 7.11 Å². The molecule has 0 amide bonds. The van der Waals surface area contributed by atoms with Gasteiger partial charge in [-0.25, -0.2) is 0 Å². The Balaban J connectivity index is 2.85. The van der Waals surface area contributed by atoms with Crippen molar-refractivity contribution in [1.29, 1.82) is 0 Å². The van der Waals surface area contributed by atoms with Gasteiger partial charge in [0, 0.05) is 19.3 Å². The Hall–Kier alpha value is -0.350. The van der Waals surface area contributed by atoms with Gasteiger partial charge >= 0.3 is 0 Å². The van der Waals surface area contributed by atoms with Gasteiger partial charge in [0.05, 0.1) is 11.1 Å². The molecule has 68 valence electrons. The van der Waals surface area contributed by atoms with Gasteiger partial charge in [-0.3, -0.25) is 4.68 Å². The lowest BCUT2D eigenvalue weighted by atomic mass is 10.4. The summed E-state index contributed by atoms with van der Waals surface area (Å²) in [6.07, 6.45) is 1.97. The summed E-state index contributed by atoms with van der Waals surface area (Å²) in [6.45, 7) is 4.74. The number of aromatic nitrogens is 2. The highest BCUT2D eigenvalue weighted by Gasteiger charge is 2.07. The van der Waals surface area contributed by atoms with E-state index >= 15 is 0 Å². The number of hydrogen-bond donors (Lipinski definition) is 0. The Morgan fingerprint density at radius 2 is 2.33 bits per heavy atom. The van der Waals surface area contributed by atoms with Crippen molar-refractivity contribution < 1.29 is 4.74 Å². The summed E-state index contributed by atoms with van der Waals surface area (Å²) in [4.78, 5) is 0. The van der Waals surface area contributed by atoms with Crippen molar-refractivity contribution in [3.8, 4) is 0 Å². The van der Waals surface area contributed by atoms with E-state index in [1.165, 1.54) is 0 Å². The molecule has 0 saturated carbocycles. The van der Waals surface area contributed by atoms with Crippen molar-refractivity contribution in [2.75, 3.05) is 7.11 Å². The summed E-state index contributed by atoms with van der Waals surface area (Å²) >= 11 is 3.42. The number of ether oxygens (including phenoxy) is 1. The van der Waals surface area contributed by atoms with E-state index in [0.717, 1.165) is 10.2 Å². The molecule has 0 aliphatic carbocycles. The van der Waals surface area contributed by atoms with Crippen LogP contribution >= 0.6 is 15.9 Å². The Bertz CT molecular complexity index is 258.